The van der Waals surface area contributed by atoms with Crippen LogP contribution in [-0.4, -0.2) is 34.6 Å². The molecule has 0 unspecified atom stereocenters. The Morgan fingerprint density at radius 2 is 0.714 bits per heavy atom. The molecule has 0 saturated heterocycles. The monoisotopic (exact) mass is 766 g/mol. The number of ketones is 2. The minimum atomic E-state index is -0.0505. The Kier molecular flexibility index (Phi) is 11.3. The number of benzene rings is 6. The Balaban J connectivity index is 1.19. The van der Waals surface area contributed by atoms with Crippen molar-refractivity contribution in [2.45, 2.75) is 13.1 Å². The van der Waals surface area contributed by atoms with Crippen molar-refractivity contribution < 1.29 is 9.59 Å². The lowest BCUT2D eigenvalue weighted by molar-refractivity contribution is 0.103. The third-order valence-electron chi connectivity index (χ3n) is 9.42. The maximum absolute atomic E-state index is 14.1. The van der Waals surface area contributed by atoms with Crippen LogP contribution in [0.15, 0.2) is 182 Å². The molecule has 0 N–H and O–H groups in total. The van der Waals surface area contributed by atoms with Crippen molar-refractivity contribution in [3.05, 3.63) is 214 Å². The number of carbonyl (C=O) groups excluding carboxylic acids is 2. The average molecular weight is 767 g/mol. The van der Waals surface area contributed by atoms with Gasteiger partial charge in [0.1, 0.15) is 9.75 Å². The van der Waals surface area contributed by atoms with E-state index >= 15 is 0 Å². The summed E-state index contributed by atoms with van der Waals surface area (Å²) in [5.41, 5.74) is 6.66. The van der Waals surface area contributed by atoms with Crippen LogP contribution < -0.4 is 9.80 Å². The van der Waals surface area contributed by atoms with Gasteiger partial charge in [-0.15, -0.1) is 0 Å². The summed E-state index contributed by atoms with van der Waals surface area (Å²) in [5.74, 6) is -0.101. The summed E-state index contributed by atoms with van der Waals surface area (Å²) in [6.45, 7) is 2.33. The molecule has 6 nitrogen and oxygen atoms in total. The molecule has 2 aromatic heterocycles. The van der Waals surface area contributed by atoms with Crippen LogP contribution in [0.1, 0.15) is 41.6 Å². The lowest BCUT2D eigenvalue weighted by atomic mass is 10.1. The molecule has 0 aliphatic carbocycles. The molecule has 0 aliphatic rings. The van der Waals surface area contributed by atoms with E-state index < -0.39 is 0 Å². The standard InChI is InChI=1S/C48H38N4O2S2/c53-43(39-27-15-5-16-28-39)45-41(37-23-11-3-12-24-37)49-47(55-45)51(33-35-19-7-1-8-20-35)31-32-52(34-36-21-9-2-10-22-36)48-50-42(38-25-13-4-14-26-38)46(56-48)44(54)40-29-17-6-18-30-40/h1-30H,31-34H2. The first-order valence-corrected chi connectivity index (χ1v) is 20.1. The molecule has 0 saturated carbocycles. The second kappa shape index (κ2) is 17.3. The number of nitrogens with zero attached hydrogens (tertiary/aromatic N) is 4. The molecule has 0 spiro atoms. The van der Waals surface area contributed by atoms with Crippen molar-refractivity contribution in [2.24, 2.45) is 0 Å². The van der Waals surface area contributed by atoms with E-state index in [0.717, 1.165) is 32.5 Å². The first-order chi connectivity index (χ1) is 27.6. The normalized spacial score (nSPS) is 10.9. The van der Waals surface area contributed by atoms with Crippen LogP contribution in [0.25, 0.3) is 22.5 Å². The van der Waals surface area contributed by atoms with Gasteiger partial charge in [0.25, 0.3) is 0 Å². The molecule has 2 heterocycles. The van der Waals surface area contributed by atoms with E-state index in [0.29, 0.717) is 58.4 Å². The first-order valence-electron chi connectivity index (χ1n) is 18.5. The fourth-order valence-corrected chi connectivity index (χ4v) is 8.70. The quantitative estimate of drug-likeness (QED) is 0.0968. The topological polar surface area (TPSA) is 66.4 Å². The molecule has 8 heteroatoms. The van der Waals surface area contributed by atoms with Gasteiger partial charge in [0.2, 0.25) is 11.6 Å². The van der Waals surface area contributed by atoms with E-state index in [9.17, 15) is 9.59 Å². The summed E-state index contributed by atoms with van der Waals surface area (Å²) in [6.07, 6.45) is 0. The predicted octanol–water partition coefficient (Wildman–Crippen LogP) is 11.1. The molecule has 0 fully saturated rings. The van der Waals surface area contributed by atoms with Crippen molar-refractivity contribution in [3.8, 4) is 22.5 Å². The van der Waals surface area contributed by atoms with E-state index in [1.54, 1.807) is 0 Å². The van der Waals surface area contributed by atoms with Crippen LogP contribution in [0, 0.1) is 0 Å². The van der Waals surface area contributed by atoms with E-state index in [4.69, 9.17) is 9.97 Å². The summed E-state index contributed by atoms with van der Waals surface area (Å²) in [4.78, 5) is 44.4. The molecule has 56 heavy (non-hydrogen) atoms. The summed E-state index contributed by atoms with van der Waals surface area (Å²) >= 11 is 2.86. The second-order valence-corrected chi connectivity index (χ2v) is 15.2. The zero-order chi connectivity index (χ0) is 38.1. The van der Waals surface area contributed by atoms with Gasteiger partial charge in [-0.2, -0.15) is 0 Å². The van der Waals surface area contributed by atoms with Crippen molar-refractivity contribution in [3.63, 3.8) is 0 Å². The highest BCUT2D eigenvalue weighted by Crippen LogP contribution is 2.38. The SMILES string of the molecule is O=C(c1ccccc1)c1sc(N(CCN(Cc2ccccc2)c2nc(-c3ccccc3)c(C(=O)c3ccccc3)s2)Cc2ccccc2)nc1-c1ccccc1. The third-order valence-corrected chi connectivity index (χ3v) is 11.7. The predicted molar refractivity (Wildman–Crippen MR) is 230 cm³/mol. The minimum absolute atomic E-state index is 0.0505. The van der Waals surface area contributed by atoms with Crippen molar-refractivity contribution in [1.82, 2.24) is 9.97 Å². The largest absolute Gasteiger partial charge is 0.342 e. The maximum atomic E-state index is 14.1. The van der Waals surface area contributed by atoms with Crippen molar-refractivity contribution in [1.29, 1.82) is 0 Å². The maximum Gasteiger partial charge on any atom is 0.205 e. The van der Waals surface area contributed by atoms with Gasteiger partial charge < -0.3 is 9.80 Å². The van der Waals surface area contributed by atoms with Gasteiger partial charge >= 0.3 is 0 Å². The van der Waals surface area contributed by atoms with Gasteiger partial charge in [-0.05, 0) is 11.1 Å². The smallest absolute Gasteiger partial charge is 0.205 e. The first kappa shape index (κ1) is 36.5. The molecule has 274 valence electrons. The summed E-state index contributed by atoms with van der Waals surface area (Å²) in [5, 5.41) is 1.52. The Labute approximate surface area is 335 Å². The number of hydrogen-bond donors (Lipinski definition) is 0. The summed E-state index contributed by atoms with van der Waals surface area (Å²) < 4.78 is 0. The lowest BCUT2D eigenvalue weighted by Crippen LogP contribution is -2.35. The van der Waals surface area contributed by atoms with Gasteiger partial charge in [0.05, 0.1) is 11.4 Å². The van der Waals surface area contributed by atoms with Crippen LogP contribution in [0.5, 0.6) is 0 Å². The Morgan fingerprint density at radius 3 is 1.05 bits per heavy atom. The van der Waals surface area contributed by atoms with E-state index in [-0.39, 0.29) is 11.6 Å². The number of aromatic nitrogens is 2. The van der Waals surface area contributed by atoms with Gasteiger partial charge in [-0.25, -0.2) is 9.97 Å². The molecule has 6 aromatic carbocycles. The van der Waals surface area contributed by atoms with Crippen LogP contribution in [0.2, 0.25) is 0 Å². The zero-order valence-corrected chi connectivity index (χ0v) is 32.2. The van der Waals surface area contributed by atoms with Crippen molar-refractivity contribution in [2.75, 3.05) is 22.9 Å². The van der Waals surface area contributed by atoms with Gasteiger partial charge in [0.15, 0.2) is 10.3 Å². The molecule has 0 aliphatic heterocycles. The number of rotatable bonds is 15. The molecule has 0 atom stereocenters. The Hall–Kier alpha value is -6.48. The van der Waals surface area contributed by atoms with Gasteiger partial charge in [0, 0.05) is 48.4 Å². The molecule has 0 radical (unpaired) electrons. The highest BCUT2D eigenvalue weighted by molar-refractivity contribution is 7.18. The highest BCUT2D eigenvalue weighted by atomic mass is 32.1. The summed E-state index contributed by atoms with van der Waals surface area (Å²) in [6, 6.07) is 59.4. The lowest BCUT2D eigenvalue weighted by Gasteiger charge is -2.28. The molecule has 8 aromatic rings. The highest BCUT2D eigenvalue weighted by Gasteiger charge is 2.26. The zero-order valence-electron chi connectivity index (χ0n) is 30.6. The van der Waals surface area contributed by atoms with Crippen LogP contribution in [-0.2, 0) is 13.1 Å². The Bertz CT molecular complexity index is 2330. The molecule has 8 rings (SSSR count). The number of hydrogen-bond acceptors (Lipinski definition) is 8. The molecular formula is C48H38N4O2S2. The van der Waals surface area contributed by atoms with Gasteiger partial charge in [-0.3, -0.25) is 9.59 Å². The Morgan fingerprint density at radius 1 is 0.411 bits per heavy atom. The molecule has 0 bridgehead atoms. The van der Waals surface area contributed by atoms with E-state index in [2.05, 4.69) is 34.1 Å². The van der Waals surface area contributed by atoms with Crippen LogP contribution in [0.4, 0.5) is 10.3 Å². The van der Waals surface area contributed by atoms with Crippen molar-refractivity contribution >= 4 is 44.5 Å². The van der Waals surface area contributed by atoms with E-state index in [1.807, 2.05) is 158 Å². The van der Waals surface area contributed by atoms with Crippen LogP contribution in [0.3, 0.4) is 0 Å². The number of anilines is 2. The van der Waals surface area contributed by atoms with Gasteiger partial charge in [-0.1, -0.05) is 205 Å². The fraction of sp³-hybridized carbons (Fsp3) is 0.0833. The fourth-order valence-electron chi connectivity index (χ4n) is 6.55. The average Bonchev–Trinajstić information content (AvgIpc) is 3.92. The minimum Gasteiger partial charge on any atom is -0.342 e. The molecular weight excluding hydrogens is 729 g/mol. The number of carbonyl (C=O) groups is 2. The third kappa shape index (κ3) is 8.42. The van der Waals surface area contributed by atoms with Crippen LogP contribution >= 0.6 is 22.7 Å². The number of thiazole rings is 2. The second-order valence-electron chi connectivity index (χ2n) is 13.3. The summed E-state index contributed by atoms with van der Waals surface area (Å²) in [7, 11) is 0. The molecule has 0 amide bonds. The van der Waals surface area contributed by atoms with E-state index in [1.165, 1.54) is 22.7 Å².